The Morgan fingerprint density at radius 3 is 2.53 bits per heavy atom. The molecule has 3 heteroatoms. The van der Waals surface area contributed by atoms with Gasteiger partial charge in [-0.15, -0.1) is 0 Å². The monoisotopic (exact) mass is 271 g/mol. The zero-order chi connectivity index (χ0) is 11.1. The van der Waals surface area contributed by atoms with Gasteiger partial charge in [0.1, 0.15) is 11.5 Å². The van der Waals surface area contributed by atoms with E-state index in [4.69, 9.17) is 10.2 Å². The first-order valence-corrected chi connectivity index (χ1v) is 6.48. The first kappa shape index (κ1) is 11.2. The van der Waals surface area contributed by atoms with Crippen molar-refractivity contribution in [1.82, 2.24) is 0 Å². The molecule has 0 amide bonds. The van der Waals surface area contributed by atoms with Gasteiger partial charge in [-0.05, 0) is 47.7 Å². The van der Waals surface area contributed by atoms with Crippen molar-refractivity contribution >= 4 is 15.9 Å². The maximum absolute atomic E-state index is 6.12. The number of rotatable bonds is 4. The van der Waals surface area contributed by atoms with Gasteiger partial charge < -0.3 is 10.2 Å². The molecule has 84 valence electrons. The number of hydrogen-bond acceptors (Lipinski definition) is 2. The summed E-state index contributed by atoms with van der Waals surface area (Å²) in [4.78, 5) is 0. The van der Waals surface area contributed by atoms with E-state index in [1.807, 2.05) is 0 Å². The molecule has 2 nitrogen and oxygen atoms in total. The molecule has 1 aromatic rings. The Kier molecular flexibility index (Phi) is 2.95. The highest BCUT2D eigenvalue weighted by Crippen LogP contribution is 2.46. The van der Waals surface area contributed by atoms with Crippen molar-refractivity contribution in [1.29, 1.82) is 0 Å². The molecule has 0 bridgehead atoms. The van der Waals surface area contributed by atoms with Crippen LogP contribution < -0.4 is 5.73 Å². The van der Waals surface area contributed by atoms with E-state index in [0.717, 1.165) is 41.7 Å². The smallest absolute Gasteiger partial charge is 0.125 e. The zero-order valence-electron chi connectivity index (χ0n) is 9.35. The summed E-state index contributed by atoms with van der Waals surface area (Å²) in [5.41, 5.74) is 5.96. The largest absolute Gasteiger partial charge is 0.463 e. The van der Waals surface area contributed by atoms with Crippen molar-refractivity contribution in [2.45, 2.75) is 51.0 Å². The number of halogens is 1. The van der Waals surface area contributed by atoms with E-state index in [2.05, 4.69) is 35.8 Å². The van der Waals surface area contributed by atoms with Crippen LogP contribution in [0.3, 0.4) is 0 Å². The Bertz CT molecular complexity index is 351. The normalized spacial score (nSPS) is 18.5. The van der Waals surface area contributed by atoms with Crippen molar-refractivity contribution in [3.63, 3.8) is 0 Å². The lowest BCUT2D eigenvalue weighted by atomic mass is 10.0. The minimum Gasteiger partial charge on any atom is -0.463 e. The Hall–Kier alpha value is -0.280. The molecule has 1 aromatic heterocycles. The fourth-order valence-electron chi connectivity index (χ4n) is 1.95. The number of hydrogen-bond donors (Lipinski definition) is 1. The highest BCUT2D eigenvalue weighted by Gasteiger charge is 2.43. The Labute approximate surface area is 99.3 Å². The summed E-state index contributed by atoms with van der Waals surface area (Å²) in [7, 11) is 0. The average Bonchev–Trinajstić information content (AvgIpc) is 2.84. The van der Waals surface area contributed by atoms with E-state index >= 15 is 0 Å². The summed E-state index contributed by atoms with van der Waals surface area (Å²) in [6.45, 7) is 4.39. The number of nitrogens with two attached hydrogens (primary N) is 1. The van der Waals surface area contributed by atoms with Gasteiger partial charge in [-0.1, -0.05) is 13.8 Å². The molecule has 1 heterocycles. The quantitative estimate of drug-likeness (QED) is 0.903. The predicted octanol–water partition coefficient (Wildman–Crippen LogP) is 3.89. The van der Waals surface area contributed by atoms with Crippen molar-refractivity contribution in [3.8, 4) is 0 Å². The second kappa shape index (κ2) is 3.95. The topological polar surface area (TPSA) is 39.2 Å². The van der Waals surface area contributed by atoms with Crippen LogP contribution in [-0.2, 0) is 5.54 Å². The molecule has 0 aromatic carbocycles. The maximum atomic E-state index is 6.12. The van der Waals surface area contributed by atoms with Crippen LogP contribution in [0.1, 0.15) is 57.0 Å². The predicted molar refractivity (Wildman–Crippen MR) is 64.8 cm³/mol. The van der Waals surface area contributed by atoms with Crippen LogP contribution in [0.25, 0.3) is 0 Å². The van der Waals surface area contributed by atoms with Gasteiger partial charge in [0.05, 0.1) is 10.0 Å². The third kappa shape index (κ3) is 2.00. The fourth-order valence-corrected chi connectivity index (χ4v) is 2.56. The van der Waals surface area contributed by atoms with Gasteiger partial charge in [0.25, 0.3) is 0 Å². The van der Waals surface area contributed by atoms with Crippen LogP contribution >= 0.6 is 15.9 Å². The zero-order valence-corrected chi connectivity index (χ0v) is 10.9. The van der Waals surface area contributed by atoms with Gasteiger partial charge in [-0.2, -0.15) is 0 Å². The summed E-state index contributed by atoms with van der Waals surface area (Å²) in [6.07, 6.45) is 4.32. The summed E-state index contributed by atoms with van der Waals surface area (Å²) < 4.78 is 7.00. The van der Waals surface area contributed by atoms with E-state index < -0.39 is 0 Å². The molecule has 0 atom stereocenters. The highest BCUT2D eigenvalue weighted by atomic mass is 79.9. The Balaban J connectivity index is 2.28. The maximum Gasteiger partial charge on any atom is 0.125 e. The van der Waals surface area contributed by atoms with Gasteiger partial charge in [0.2, 0.25) is 0 Å². The molecular weight excluding hydrogens is 254 g/mol. The van der Waals surface area contributed by atoms with Crippen molar-refractivity contribution in [2.75, 3.05) is 0 Å². The van der Waals surface area contributed by atoms with Gasteiger partial charge in [-0.3, -0.25) is 0 Å². The van der Waals surface area contributed by atoms with E-state index in [9.17, 15) is 0 Å². The molecule has 0 aliphatic heterocycles. The van der Waals surface area contributed by atoms with Crippen LogP contribution in [-0.4, -0.2) is 0 Å². The first-order valence-electron chi connectivity index (χ1n) is 5.69. The standard InChI is InChI=1S/C12H18BrNO/c1-3-8(4-2)11-9(13)7-10(15-11)12(14)5-6-12/h7-8H,3-6,14H2,1-2H3. The third-order valence-electron chi connectivity index (χ3n) is 3.35. The van der Waals surface area contributed by atoms with Gasteiger partial charge in [-0.25, -0.2) is 0 Å². The summed E-state index contributed by atoms with van der Waals surface area (Å²) in [5, 5.41) is 0. The van der Waals surface area contributed by atoms with Gasteiger partial charge in [0.15, 0.2) is 0 Å². The number of furan rings is 1. The Morgan fingerprint density at radius 1 is 1.47 bits per heavy atom. The van der Waals surface area contributed by atoms with Crippen LogP contribution in [0.4, 0.5) is 0 Å². The average molecular weight is 272 g/mol. The summed E-state index contributed by atoms with van der Waals surface area (Å²) in [6, 6.07) is 2.06. The van der Waals surface area contributed by atoms with E-state index in [1.165, 1.54) is 0 Å². The van der Waals surface area contributed by atoms with E-state index in [0.29, 0.717) is 5.92 Å². The third-order valence-corrected chi connectivity index (χ3v) is 3.97. The molecule has 1 aliphatic carbocycles. The van der Waals surface area contributed by atoms with Gasteiger partial charge >= 0.3 is 0 Å². The van der Waals surface area contributed by atoms with Crippen LogP contribution in [0.5, 0.6) is 0 Å². The van der Waals surface area contributed by atoms with Crippen molar-refractivity contribution in [3.05, 3.63) is 22.1 Å². The molecule has 2 rings (SSSR count). The second-order valence-corrected chi connectivity index (χ2v) is 5.35. The fraction of sp³-hybridized carbons (Fsp3) is 0.667. The molecule has 0 radical (unpaired) electrons. The molecule has 0 saturated heterocycles. The lowest BCUT2D eigenvalue weighted by molar-refractivity contribution is 0.389. The molecule has 15 heavy (non-hydrogen) atoms. The highest BCUT2D eigenvalue weighted by molar-refractivity contribution is 9.10. The van der Waals surface area contributed by atoms with Crippen LogP contribution in [0, 0.1) is 0 Å². The molecule has 1 saturated carbocycles. The summed E-state index contributed by atoms with van der Waals surface area (Å²) >= 11 is 3.57. The minimum absolute atomic E-state index is 0.160. The molecule has 1 fully saturated rings. The van der Waals surface area contributed by atoms with Crippen LogP contribution in [0.15, 0.2) is 15.0 Å². The van der Waals surface area contributed by atoms with Crippen molar-refractivity contribution < 1.29 is 4.42 Å². The van der Waals surface area contributed by atoms with E-state index in [1.54, 1.807) is 0 Å². The van der Waals surface area contributed by atoms with Crippen molar-refractivity contribution in [2.24, 2.45) is 5.73 Å². The molecule has 2 N–H and O–H groups in total. The molecule has 0 spiro atoms. The molecular formula is C12H18BrNO. The lowest BCUT2D eigenvalue weighted by Crippen LogP contribution is -2.17. The Morgan fingerprint density at radius 2 is 2.07 bits per heavy atom. The first-order chi connectivity index (χ1) is 7.10. The summed E-state index contributed by atoms with van der Waals surface area (Å²) in [5.74, 6) is 2.54. The molecule has 0 unspecified atom stereocenters. The molecule has 1 aliphatic rings. The van der Waals surface area contributed by atoms with Crippen LogP contribution in [0.2, 0.25) is 0 Å². The van der Waals surface area contributed by atoms with E-state index in [-0.39, 0.29) is 5.54 Å². The minimum atomic E-state index is -0.160. The van der Waals surface area contributed by atoms with Gasteiger partial charge in [0, 0.05) is 5.92 Å². The lowest BCUT2D eigenvalue weighted by Gasteiger charge is -2.10. The second-order valence-electron chi connectivity index (χ2n) is 4.49. The SMILES string of the molecule is CCC(CC)c1oc(C2(N)CC2)cc1Br.